The number of rotatable bonds is 5. The molecule has 1 heterocycles. The molecule has 0 atom stereocenters. The number of carbonyl (C=O) groups is 2. The predicted molar refractivity (Wildman–Crippen MR) is 91.5 cm³/mol. The molecular formula is C17H15N3O3S. The van der Waals surface area contributed by atoms with Gasteiger partial charge in [0, 0.05) is 0 Å². The third kappa shape index (κ3) is 4.27. The highest BCUT2D eigenvalue weighted by molar-refractivity contribution is 7.17. The van der Waals surface area contributed by atoms with E-state index in [1.165, 1.54) is 6.08 Å². The van der Waals surface area contributed by atoms with Crippen molar-refractivity contribution in [3.05, 3.63) is 52.0 Å². The first-order valence-corrected chi connectivity index (χ1v) is 7.99. The Bertz CT molecular complexity index is 819. The Morgan fingerprint density at radius 2 is 2.08 bits per heavy atom. The van der Waals surface area contributed by atoms with E-state index in [9.17, 15) is 14.9 Å². The van der Waals surface area contributed by atoms with Gasteiger partial charge in [0.05, 0.1) is 12.3 Å². The number of amides is 1. The summed E-state index contributed by atoms with van der Waals surface area (Å²) < 4.78 is 4.93. The highest BCUT2D eigenvalue weighted by atomic mass is 32.1. The molecule has 2 rings (SSSR count). The maximum Gasteiger partial charge on any atom is 0.350 e. The van der Waals surface area contributed by atoms with Gasteiger partial charge in [0.15, 0.2) is 5.13 Å². The molecule has 2 aromatic rings. The molecule has 0 bridgehead atoms. The molecule has 0 aliphatic rings. The fraction of sp³-hybridized carbons (Fsp3) is 0.176. The third-order valence-electron chi connectivity index (χ3n) is 2.95. The van der Waals surface area contributed by atoms with Crippen LogP contribution in [0.15, 0.2) is 35.9 Å². The number of hydrogen-bond acceptors (Lipinski definition) is 6. The monoisotopic (exact) mass is 341 g/mol. The molecule has 122 valence electrons. The Balaban J connectivity index is 2.17. The Morgan fingerprint density at radius 3 is 2.71 bits per heavy atom. The summed E-state index contributed by atoms with van der Waals surface area (Å²) in [5.41, 5.74) is 1.16. The van der Waals surface area contributed by atoms with Gasteiger partial charge in [-0.1, -0.05) is 41.7 Å². The van der Waals surface area contributed by atoms with Gasteiger partial charge in [0.1, 0.15) is 16.5 Å². The van der Waals surface area contributed by atoms with Crippen LogP contribution in [0.2, 0.25) is 0 Å². The van der Waals surface area contributed by atoms with E-state index in [-0.39, 0.29) is 17.3 Å². The lowest BCUT2D eigenvalue weighted by Crippen LogP contribution is -2.13. The van der Waals surface area contributed by atoms with Crippen molar-refractivity contribution < 1.29 is 14.3 Å². The number of ether oxygens (including phenoxy) is 1. The van der Waals surface area contributed by atoms with Crippen molar-refractivity contribution in [3.63, 3.8) is 0 Å². The normalized spacial score (nSPS) is 10.8. The Hall–Kier alpha value is -2.98. The quantitative estimate of drug-likeness (QED) is 0.512. The largest absolute Gasteiger partial charge is 0.462 e. The summed E-state index contributed by atoms with van der Waals surface area (Å²) in [6.07, 6.45) is 1.49. The molecule has 0 saturated heterocycles. The van der Waals surface area contributed by atoms with Crippen molar-refractivity contribution in [3.8, 4) is 6.07 Å². The summed E-state index contributed by atoms with van der Waals surface area (Å²) in [7, 11) is 0. The molecule has 0 aliphatic carbocycles. The first-order valence-electron chi connectivity index (χ1n) is 7.18. The van der Waals surface area contributed by atoms with E-state index in [1.54, 1.807) is 26.0 Å². The molecule has 1 amide bonds. The van der Waals surface area contributed by atoms with Gasteiger partial charge >= 0.3 is 5.97 Å². The smallest absolute Gasteiger partial charge is 0.350 e. The molecule has 24 heavy (non-hydrogen) atoms. The Kier molecular flexibility index (Phi) is 5.82. The number of aryl methyl sites for hydroxylation is 1. The summed E-state index contributed by atoms with van der Waals surface area (Å²) in [5.74, 6) is -1.06. The number of anilines is 1. The Labute approximate surface area is 143 Å². The van der Waals surface area contributed by atoms with Crippen LogP contribution in [0.1, 0.15) is 27.9 Å². The number of nitriles is 1. The molecule has 0 spiro atoms. The zero-order valence-corrected chi connectivity index (χ0v) is 14.0. The van der Waals surface area contributed by atoms with E-state index in [2.05, 4.69) is 10.3 Å². The van der Waals surface area contributed by atoms with Crippen LogP contribution >= 0.6 is 11.3 Å². The average Bonchev–Trinajstić information content (AvgIpc) is 2.94. The summed E-state index contributed by atoms with van der Waals surface area (Å²) in [4.78, 5) is 28.4. The van der Waals surface area contributed by atoms with E-state index < -0.39 is 11.9 Å². The number of benzene rings is 1. The van der Waals surface area contributed by atoms with E-state index in [0.717, 1.165) is 16.9 Å². The van der Waals surface area contributed by atoms with E-state index in [4.69, 9.17) is 4.74 Å². The molecule has 0 aliphatic heterocycles. The van der Waals surface area contributed by atoms with Crippen LogP contribution in [0.3, 0.4) is 0 Å². The minimum atomic E-state index is -0.578. The molecular weight excluding hydrogens is 326 g/mol. The van der Waals surface area contributed by atoms with Crippen LogP contribution in [0, 0.1) is 18.3 Å². The maximum absolute atomic E-state index is 12.2. The molecule has 1 N–H and O–H groups in total. The zero-order chi connectivity index (χ0) is 17.5. The lowest BCUT2D eigenvalue weighted by molar-refractivity contribution is -0.112. The van der Waals surface area contributed by atoms with Gasteiger partial charge in [0.2, 0.25) is 0 Å². The van der Waals surface area contributed by atoms with Crippen molar-refractivity contribution in [1.82, 2.24) is 4.98 Å². The van der Waals surface area contributed by atoms with E-state index in [0.29, 0.717) is 10.6 Å². The highest BCUT2D eigenvalue weighted by Crippen LogP contribution is 2.24. The van der Waals surface area contributed by atoms with Gasteiger partial charge in [-0.15, -0.1) is 0 Å². The van der Waals surface area contributed by atoms with Crippen LogP contribution in [0.5, 0.6) is 0 Å². The standard InChI is InChI=1S/C17H15N3O3S/c1-3-23-16(22)14-11(2)19-17(24-14)20-15(21)13(10-18)9-12-7-5-4-6-8-12/h4-9H,3H2,1-2H3,(H,19,20,21). The molecule has 0 saturated carbocycles. The van der Waals surface area contributed by atoms with Crippen molar-refractivity contribution in [2.24, 2.45) is 0 Å². The topological polar surface area (TPSA) is 92.1 Å². The van der Waals surface area contributed by atoms with Gasteiger partial charge < -0.3 is 4.74 Å². The SMILES string of the molecule is CCOC(=O)c1sc(NC(=O)C(C#N)=Cc2ccccc2)nc1C. The van der Waals surface area contributed by atoms with Crippen LogP contribution in [0.4, 0.5) is 5.13 Å². The summed E-state index contributed by atoms with van der Waals surface area (Å²) in [6, 6.07) is 10.9. The minimum Gasteiger partial charge on any atom is -0.462 e. The number of carbonyl (C=O) groups excluding carboxylic acids is 2. The van der Waals surface area contributed by atoms with E-state index in [1.807, 2.05) is 24.3 Å². The van der Waals surface area contributed by atoms with Crippen LogP contribution in [-0.2, 0) is 9.53 Å². The number of nitrogens with one attached hydrogen (secondary N) is 1. The number of aromatic nitrogens is 1. The van der Waals surface area contributed by atoms with Gasteiger partial charge in [-0.05, 0) is 25.5 Å². The van der Waals surface area contributed by atoms with Crippen molar-refractivity contribution >= 4 is 34.4 Å². The van der Waals surface area contributed by atoms with Gasteiger partial charge in [-0.3, -0.25) is 10.1 Å². The van der Waals surface area contributed by atoms with Crippen molar-refractivity contribution in [2.75, 3.05) is 11.9 Å². The molecule has 1 aromatic carbocycles. The fourth-order valence-electron chi connectivity index (χ4n) is 1.86. The van der Waals surface area contributed by atoms with Crippen LogP contribution < -0.4 is 5.32 Å². The molecule has 7 heteroatoms. The lowest BCUT2D eigenvalue weighted by Gasteiger charge is -2.00. The van der Waals surface area contributed by atoms with Gasteiger partial charge in [-0.2, -0.15) is 5.26 Å². The zero-order valence-electron chi connectivity index (χ0n) is 13.2. The van der Waals surface area contributed by atoms with Crippen molar-refractivity contribution in [2.45, 2.75) is 13.8 Å². The van der Waals surface area contributed by atoms with Gasteiger partial charge in [-0.25, -0.2) is 9.78 Å². The van der Waals surface area contributed by atoms with Crippen molar-refractivity contribution in [1.29, 1.82) is 5.26 Å². The highest BCUT2D eigenvalue weighted by Gasteiger charge is 2.18. The van der Waals surface area contributed by atoms with Crippen LogP contribution in [-0.4, -0.2) is 23.5 Å². The molecule has 0 radical (unpaired) electrons. The summed E-state index contributed by atoms with van der Waals surface area (Å²) in [5, 5.41) is 12.0. The third-order valence-corrected chi connectivity index (χ3v) is 4.01. The maximum atomic E-state index is 12.2. The fourth-order valence-corrected chi connectivity index (χ4v) is 2.72. The van der Waals surface area contributed by atoms with Gasteiger partial charge in [0.25, 0.3) is 5.91 Å². The second-order valence-corrected chi connectivity index (χ2v) is 5.69. The summed E-state index contributed by atoms with van der Waals surface area (Å²) in [6.45, 7) is 3.63. The number of thiazole rings is 1. The lowest BCUT2D eigenvalue weighted by atomic mass is 10.1. The first kappa shape index (κ1) is 17.4. The number of esters is 1. The molecule has 6 nitrogen and oxygen atoms in total. The number of hydrogen-bond donors (Lipinski definition) is 1. The average molecular weight is 341 g/mol. The second kappa shape index (κ2) is 8.04. The first-order chi connectivity index (χ1) is 11.5. The van der Waals surface area contributed by atoms with E-state index >= 15 is 0 Å². The predicted octanol–water partition coefficient (Wildman–Crippen LogP) is 3.17. The molecule has 0 fully saturated rings. The molecule has 0 unspecified atom stereocenters. The minimum absolute atomic E-state index is 0.0493. The summed E-state index contributed by atoms with van der Waals surface area (Å²) >= 11 is 1.02. The Morgan fingerprint density at radius 1 is 1.38 bits per heavy atom. The molecule has 1 aromatic heterocycles. The number of nitrogens with zero attached hydrogens (tertiary/aromatic N) is 2. The second-order valence-electron chi connectivity index (χ2n) is 4.69. The van der Waals surface area contributed by atoms with Crippen LogP contribution in [0.25, 0.3) is 6.08 Å².